The van der Waals surface area contributed by atoms with Crippen LogP contribution in [-0.2, 0) is 0 Å². The number of nitrogens with one attached hydrogen (secondary N) is 2. The summed E-state index contributed by atoms with van der Waals surface area (Å²) in [5.74, 6) is 1.12. The van der Waals surface area contributed by atoms with Crippen LogP contribution < -0.4 is 15.4 Å². The van der Waals surface area contributed by atoms with Crippen LogP contribution in [0, 0.1) is 5.92 Å². The third kappa shape index (κ3) is 6.84. The van der Waals surface area contributed by atoms with Gasteiger partial charge in [-0.15, -0.1) is 0 Å². The number of ether oxygens (including phenoxy) is 1. The molecule has 0 aliphatic heterocycles. The third-order valence-corrected chi connectivity index (χ3v) is 4.12. The first-order chi connectivity index (χ1) is 11.9. The fourth-order valence-corrected chi connectivity index (χ4v) is 2.49. The van der Waals surface area contributed by atoms with Crippen molar-refractivity contribution in [2.24, 2.45) is 5.92 Å². The molecule has 132 valence electrons. The Hall–Kier alpha value is -1.92. The number of rotatable bonds is 6. The Morgan fingerprint density at radius 3 is 2.60 bits per heavy atom. The summed E-state index contributed by atoms with van der Waals surface area (Å²) in [5.41, 5.74) is 1.31. The van der Waals surface area contributed by atoms with Crippen molar-refractivity contribution in [1.82, 2.24) is 5.32 Å². The minimum atomic E-state index is -0.255. The SMILES string of the molecule is CC(C)CCOc1cccc(NC(=S)NC(=O)c2ccc(Br)cc2)c1. The van der Waals surface area contributed by atoms with Gasteiger partial charge in [0.1, 0.15) is 5.75 Å². The van der Waals surface area contributed by atoms with Crippen LogP contribution in [0.3, 0.4) is 0 Å². The number of hydrogen-bond acceptors (Lipinski definition) is 3. The number of carbonyl (C=O) groups excluding carboxylic acids is 1. The third-order valence-electron chi connectivity index (χ3n) is 3.39. The first-order valence-electron chi connectivity index (χ1n) is 8.05. The van der Waals surface area contributed by atoms with Gasteiger partial charge in [-0.3, -0.25) is 10.1 Å². The molecule has 0 aliphatic rings. The van der Waals surface area contributed by atoms with Crippen molar-refractivity contribution < 1.29 is 9.53 Å². The average Bonchev–Trinajstić information content (AvgIpc) is 2.55. The summed E-state index contributed by atoms with van der Waals surface area (Å²) >= 11 is 8.55. The van der Waals surface area contributed by atoms with Crippen LogP contribution in [0.2, 0.25) is 0 Å². The van der Waals surface area contributed by atoms with Gasteiger partial charge in [-0.05, 0) is 61.0 Å². The van der Waals surface area contributed by atoms with Gasteiger partial charge in [0, 0.05) is 21.8 Å². The zero-order chi connectivity index (χ0) is 18.2. The van der Waals surface area contributed by atoms with Gasteiger partial charge in [0.15, 0.2) is 5.11 Å². The van der Waals surface area contributed by atoms with E-state index in [1.54, 1.807) is 12.1 Å². The lowest BCUT2D eigenvalue weighted by Gasteiger charge is -2.12. The van der Waals surface area contributed by atoms with E-state index in [1.807, 2.05) is 36.4 Å². The molecule has 2 rings (SSSR count). The van der Waals surface area contributed by atoms with Crippen molar-refractivity contribution in [2.45, 2.75) is 20.3 Å². The summed E-state index contributed by atoms with van der Waals surface area (Å²) < 4.78 is 6.64. The van der Waals surface area contributed by atoms with Gasteiger partial charge < -0.3 is 10.1 Å². The molecular weight excluding hydrogens is 400 g/mol. The molecule has 0 saturated heterocycles. The van der Waals surface area contributed by atoms with E-state index in [0.717, 1.165) is 22.3 Å². The zero-order valence-corrected chi connectivity index (χ0v) is 16.6. The Morgan fingerprint density at radius 1 is 1.20 bits per heavy atom. The zero-order valence-electron chi connectivity index (χ0n) is 14.2. The van der Waals surface area contributed by atoms with Crippen molar-refractivity contribution in [3.8, 4) is 5.75 Å². The van der Waals surface area contributed by atoms with E-state index in [-0.39, 0.29) is 11.0 Å². The molecule has 2 aromatic rings. The monoisotopic (exact) mass is 420 g/mol. The molecule has 0 heterocycles. The smallest absolute Gasteiger partial charge is 0.257 e. The van der Waals surface area contributed by atoms with E-state index in [9.17, 15) is 4.79 Å². The molecule has 0 aliphatic carbocycles. The van der Waals surface area contributed by atoms with Crippen LogP contribution in [0.25, 0.3) is 0 Å². The first kappa shape index (κ1) is 19.4. The summed E-state index contributed by atoms with van der Waals surface area (Å²) in [6.07, 6.45) is 0.999. The number of hydrogen-bond donors (Lipinski definition) is 2. The molecule has 0 atom stereocenters. The number of anilines is 1. The van der Waals surface area contributed by atoms with Crippen LogP contribution in [-0.4, -0.2) is 17.6 Å². The normalized spacial score (nSPS) is 10.4. The Bertz CT molecular complexity index is 732. The molecule has 2 aromatic carbocycles. The fourth-order valence-electron chi connectivity index (χ4n) is 2.02. The number of halogens is 1. The first-order valence-corrected chi connectivity index (χ1v) is 9.25. The Labute approximate surface area is 162 Å². The van der Waals surface area contributed by atoms with Crippen molar-refractivity contribution in [3.63, 3.8) is 0 Å². The summed E-state index contributed by atoms with van der Waals surface area (Å²) in [6.45, 7) is 4.99. The highest BCUT2D eigenvalue weighted by Crippen LogP contribution is 2.18. The summed E-state index contributed by atoms with van der Waals surface area (Å²) in [5, 5.41) is 5.91. The van der Waals surface area contributed by atoms with E-state index < -0.39 is 0 Å². The maximum Gasteiger partial charge on any atom is 0.257 e. The second-order valence-corrected chi connectivity index (χ2v) is 7.30. The molecule has 25 heavy (non-hydrogen) atoms. The lowest BCUT2D eigenvalue weighted by molar-refractivity contribution is 0.0977. The van der Waals surface area contributed by atoms with Crippen LogP contribution in [0.1, 0.15) is 30.6 Å². The Kier molecular flexibility index (Phi) is 7.40. The summed E-state index contributed by atoms with van der Waals surface area (Å²) in [7, 11) is 0. The molecule has 4 nitrogen and oxygen atoms in total. The number of carbonyl (C=O) groups is 1. The second-order valence-electron chi connectivity index (χ2n) is 5.97. The van der Waals surface area contributed by atoms with E-state index in [1.165, 1.54) is 0 Å². The highest BCUT2D eigenvalue weighted by Gasteiger charge is 2.08. The van der Waals surface area contributed by atoms with Crippen molar-refractivity contribution in [2.75, 3.05) is 11.9 Å². The van der Waals surface area contributed by atoms with Gasteiger partial charge in [-0.25, -0.2) is 0 Å². The van der Waals surface area contributed by atoms with Gasteiger partial charge in [0.05, 0.1) is 6.61 Å². The molecule has 0 unspecified atom stereocenters. The molecule has 0 aromatic heterocycles. The van der Waals surface area contributed by atoms with Gasteiger partial charge in [-0.1, -0.05) is 35.8 Å². The predicted molar refractivity (Wildman–Crippen MR) is 109 cm³/mol. The lowest BCUT2D eigenvalue weighted by atomic mass is 10.1. The number of thiocarbonyl (C=S) groups is 1. The Morgan fingerprint density at radius 2 is 1.92 bits per heavy atom. The largest absolute Gasteiger partial charge is 0.494 e. The van der Waals surface area contributed by atoms with Crippen LogP contribution >= 0.6 is 28.1 Å². The van der Waals surface area contributed by atoms with Crippen molar-refractivity contribution in [1.29, 1.82) is 0 Å². The molecule has 1 amide bonds. The van der Waals surface area contributed by atoms with Crippen LogP contribution in [0.4, 0.5) is 5.69 Å². The van der Waals surface area contributed by atoms with Crippen molar-refractivity contribution in [3.05, 3.63) is 58.6 Å². The number of benzene rings is 2. The van der Waals surface area contributed by atoms with E-state index in [4.69, 9.17) is 17.0 Å². The van der Waals surface area contributed by atoms with Crippen LogP contribution in [0.5, 0.6) is 5.75 Å². The fraction of sp³-hybridized carbons (Fsp3) is 0.263. The maximum atomic E-state index is 12.2. The molecule has 0 bridgehead atoms. The van der Waals surface area contributed by atoms with Crippen molar-refractivity contribution >= 4 is 44.9 Å². The summed E-state index contributed by atoms with van der Waals surface area (Å²) in [6, 6.07) is 14.6. The highest BCUT2D eigenvalue weighted by atomic mass is 79.9. The molecule has 2 N–H and O–H groups in total. The quantitative estimate of drug-likeness (QED) is 0.645. The van der Waals surface area contributed by atoms with Gasteiger partial charge in [0.2, 0.25) is 0 Å². The maximum absolute atomic E-state index is 12.2. The van der Waals surface area contributed by atoms with E-state index in [2.05, 4.69) is 40.4 Å². The average molecular weight is 421 g/mol. The van der Waals surface area contributed by atoms with Crippen LogP contribution in [0.15, 0.2) is 53.0 Å². The van der Waals surface area contributed by atoms with E-state index in [0.29, 0.717) is 18.1 Å². The Balaban J connectivity index is 1.89. The highest BCUT2D eigenvalue weighted by molar-refractivity contribution is 9.10. The molecule has 0 spiro atoms. The van der Waals surface area contributed by atoms with Gasteiger partial charge in [0.25, 0.3) is 5.91 Å². The standard InChI is InChI=1S/C19H21BrN2O2S/c1-13(2)10-11-24-17-5-3-4-16(12-17)21-19(25)22-18(23)14-6-8-15(20)9-7-14/h3-9,12-13H,10-11H2,1-2H3,(H2,21,22,23,25). The molecule has 0 radical (unpaired) electrons. The van der Waals surface area contributed by atoms with Gasteiger partial charge in [-0.2, -0.15) is 0 Å². The second kappa shape index (κ2) is 9.53. The molecule has 0 saturated carbocycles. The topological polar surface area (TPSA) is 50.4 Å². The predicted octanol–water partition coefficient (Wildman–Crippen LogP) is 5.00. The summed E-state index contributed by atoms with van der Waals surface area (Å²) in [4.78, 5) is 12.2. The molecule has 0 fully saturated rings. The van der Waals surface area contributed by atoms with Gasteiger partial charge >= 0.3 is 0 Å². The van der Waals surface area contributed by atoms with E-state index >= 15 is 0 Å². The number of amides is 1. The minimum absolute atomic E-state index is 0.243. The molecule has 6 heteroatoms. The molecular formula is C19H21BrN2O2S. The minimum Gasteiger partial charge on any atom is -0.494 e. The lowest BCUT2D eigenvalue weighted by Crippen LogP contribution is -2.34.